The van der Waals surface area contributed by atoms with E-state index in [0.29, 0.717) is 11.3 Å². The van der Waals surface area contributed by atoms with Crippen molar-refractivity contribution in [2.24, 2.45) is 11.1 Å². The Morgan fingerprint density at radius 1 is 1.44 bits per heavy atom. The van der Waals surface area contributed by atoms with Gasteiger partial charge in [0.15, 0.2) is 0 Å². The third kappa shape index (κ3) is 3.20. The SMILES string of the molecule is COc1ccc(Cl)c(O)c1[C@H](N)C(C)(C)CO.Cl. The summed E-state index contributed by atoms with van der Waals surface area (Å²) in [6.45, 7) is 3.50. The summed E-state index contributed by atoms with van der Waals surface area (Å²) in [4.78, 5) is 0. The molecule has 1 atom stereocenters. The summed E-state index contributed by atoms with van der Waals surface area (Å²) in [5.74, 6) is 0.362. The van der Waals surface area contributed by atoms with E-state index >= 15 is 0 Å². The molecule has 18 heavy (non-hydrogen) atoms. The van der Waals surface area contributed by atoms with Gasteiger partial charge in [0.1, 0.15) is 11.5 Å². The molecule has 0 heterocycles. The lowest BCUT2D eigenvalue weighted by atomic mass is 9.81. The fraction of sp³-hybridized carbons (Fsp3) is 0.500. The molecule has 0 unspecified atom stereocenters. The first-order chi connectivity index (χ1) is 7.85. The first-order valence-electron chi connectivity index (χ1n) is 5.27. The molecule has 6 heteroatoms. The molecule has 0 saturated heterocycles. The Bertz CT molecular complexity index is 411. The van der Waals surface area contributed by atoms with Gasteiger partial charge in [0.05, 0.1) is 17.7 Å². The smallest absolute Gasteiger partial charge is 0.142 e. The van der Waals surface area contributed by atoms with Crippen LogP contribution in [0.4, 0.5) is 0 Å². The Kier molecular flexibility index (Phi) is 6.23. The van der Waals surface area contributed by atoms with Gasteiger partial charge in [-0.15, -0.1) is 12.4 Å². The van der Waals surface area contributed by atoms with Crippen molar-refractivity contribution in [1.82, 2.24) is 0 Å². The molecular weight excluding hydrogens is 277 g/mol. The molecule has 4 N–H and O–H groups in total. The molecule has 0 saturated carbocycles. The summed E-state index contributed by atoms with van der Waals surface area (Å²) in [6.07, 6.45) is 0. The molecule has 0 spiro atoms. The summed E-state index contributed by atoms with van der Waals surface area (Å²) in [5, 5.41) is 19.5. The van der Waals surface area contributed by atoms with Gasteiger partial charge in [-0.25, -0.2) is 0 Å². The molecule has 0 aliphatic heterocycles. The van der Waals surface area contributed by atoms with Crippen molar-refractivity contribution in [3.8, 4) is 11.5 Å². The van der Waals surface area contributed by atoms with Crippen LogP contribution >= 0.6 is 24.0 Å². The zero-order valence-corrected chi connectivity index (χ0v) is 12.2. The highest BCUT2D eigenvalue weighted by Gasteiger charge is 2.32. The Hall–Kier alpha value is -0.680. The second kappa shape index (κ2) is 6.48. The van der Waals surface area contributed by atoms with Crippen LogP contribution in [0, 0.1) is 5.41 Å². The second-order valence-electron chi connectivity index (χ2n) is 4.64. The molecule has 0 aliphatic carbocycles. The maximum absolute atomic E-state index is 9.97. The lowest BCUT2D eigenvalue weighted by Crippen LogP contribution is -2.32. The van der Waals surface area contributed by atoms with Gasteiger partial charge in [-0.1, -0.05) is 25.4 Å². The highest BCUT2D eigenvalue weighted by molar-refractivity contribution is 6.32. The Morgan fingerprint density at radius 3 is 2.44 bits per heavy atom. The van der Waals surface area contributed by atoms with Gasteiger partial charge in [-0.2, -0.15) is 0 Å². The van der Waals surface area contributed by atoms with Crippen molar-refractivity contribution in [3.63, 3.8) is 0 Å². The molecule has 0 amide bonds. The Morgan fingerprint density at radius 2 is 2.00 bits per heavy atom. The average molecular weight is 296 g/mol. The number of halogens is 2. The lowest BCUT2D eigenvalue weighted by molar-refractivity contribution is 0.130. The predicted octanol–water partition coefficient (Wildman–Crippen LogP) is 2.49. The van der Waals surface area contributed by atoms with Crippen molar-refractivity contribution >= 4 is 24.0 Å². The van der Waals surface area contributed by atoms with Crippen LogP contribution in [0.15, 0.2) is 12.1 Å². The molecule has 4 nitrogen and oxygen atoms in total. The number of aliphatic hydroxyl groups is 1. The maximum atomic E-state index is 9.97. The van der Waals surface area contributed by atoms with Crippen LogP contribution < -0.4 is 10.5 Å². The van der Waals surface area contributed by atoms with Crippen LogP contribution in [0.25, 0.3) is 0 Å². The zero-order chi connectivity index (χ0) is 13.2. The molecule has 1 aromatic rings. The van der Waals surface area contributed by atoms with E-state index in [1.165, 1.54) is 13.2 Å². The number of hydrogen-bond acceptors (Lipinski definition) is 4. The minimum Gasteiger partial charge on any atom is -0.506 e. The van der Waals surface area contributed by atoms with Crippen molar-refractivity contribution < 1.29 is 14.9 Å². The zero-order valence-electron chi connectivity index (χ0n) is 10.6. The van der Waals surface area contributed by atoms with E-state index in [1.54, 1.807) is 19.9 Å². The minimum atomic E-state index is -0.588. The van der Waals surface area contributed by atoms with Crippen molar-refractivity contribution in [2.45, 2.75) is 19.9 Å². The number of ether oxygens (including phenoxy) is 1. The first kappa shape index (κ1) is 17.3. The summed E-state index contributed by atoms with van der Waals surface area (Å²) < 4.78 is 5.16. The topological polar surface area (TPSA) is 75.7 Å². The molecule has 104 valence electrons. The fourth-order valence-corrected chi connectivity index (χ4v) is 1.70. The predicted molar refractivity (Wildman–Crippen MR) is 74.7 cm³/mol. The standard InChI is InChI=1S/C12H18ClNO3.ClH/c1-12(2,6-15)11(14)9-8(17-3)5-4-7(13)10(9)16;/h4-5,11,15-16H,6,14H2,1-3H3;1H/t11-;/m0./s1. The lowest BCUT2D eigenvalue weighted by Gasteiger charge is -2.31. The molecule has 0 aliphatic rings. The monoisotopic (exact) mass is 295 g/mol. The number of phenolic OH excluding ortho intramolecular Hbond substituents is 1. The average Bonchev–Trinajstić information content (AvgIpc) is 2.31. The summed E-state index contributed by atoms with van der Waals surface area (Å²) in [5.41, 5.74) is 5.90. The van der Waals surface area contributed by atoms with E-state index in [2.05, 4.69) is 0 Å². The fourth-order valence-electron chi connectivity index (χ4n) is 1.53. The number of hydrogen-bond donors (Lipinski definition) is 3. The van der Waals surface area contributed by atoms with E-state index in [-0.39, 0.29) is 29.8 Å². The number of phenols is 1. The quantitative estimate of drug-likeness (QED) is 0.798. The number of methoxy groups -OCH3 is 1. The first-order valence-corrected chi connectivity index (χ1v) is 5.64. The number of nitrogens with two attached hydrogens (primary N) is 1. The third-order valence-corrected chi connectivity index (χ3v) is 3.21. The van der Waals surface area contributed by atoms with Crippen LogP contribution in [0.1, 0.15) is 25.5 Å². The number of rotatable bonds is 4. The largest absolute Gasteiger partial charge is 0.506 e. The van der Waals surface area contributed by atoms with E-state index in [9.17, 15) is 10.2 Å². The van der Waals surface area contributed by atoms with Gasteiger partial charge in [-0.05, 0) is 12.1 Å². The van der Waals surface area contributed by atoms with Crippen LogP contribution in [-0.2, 0) is 0 Å². The van der Waals surface area contributed by atoms with E-state index < -0.39 is 11.5 Å². The maximum Gasteiger partial charge on any atom is 0.142 e. The number of benzene rings is 1. The number of aliphatic hydroxyl groups excluding tert-OH is 1. The highest BCUT2D eigenvalue weighted by atomic mass is 35.5. The number of aromatic hydroxyl groups is 1. The van der Waals surface area contributed by atoms with Gasteiger partial charge in [0.2, 0.25) is 0 Å². The van der Waals surface area contributed by atoms with Crippen LogP contribution in [0.3, 0.4) is 0 Å². The van der Waals surface area contributed by atoms with E-state index in [0.717, 1.165) is 0 Å². The van der Waals surface area contributed by atoms with Gasteiger partial charge < -0.3 is 20.7 Å². The van der Waals surface area contributed by atoms with Crippen LogP contribution in [0.2, 0.25) is 5.02 Å². The summed E-state index contributed by atoms with van der Waals surface area (Å²) in [6, 6.07) is 2.60. The molecule has 0 bridgehead atoms. The van der Waals surface area contributed by atoms with Gasteiger partial charge in [-0.3, -0.25) is 0 Å². The van der Waals surface area contributed by atoms with E-state index in [4.69, 9.17) is 22.1 Å². The summed E-state index contributed by atoms with van der Waals surface area (Å²) >= 11 is 5.86. The molecule has 0 radical (unpaired) electrons. The minimum absolute atomic E-state index is 0. The molecule has 0 aromatic heterocycles. The molecule has 0 fully saturated rings. The molecule has 1 aromatic carbocycles. The highest BCUT2D eigenvalue weighted by Crippen LogP contribution is 2.43. The summed E-state index contributed by atoms with van der Waals surface area (Å²) in [7, 11) is 1.49. The van der Waals surface area contributed by atoms with E-state index in [1.807, 2.05) is 0 Å². The van der Waals surface area contributed by atoms with Crippen molar-refractivity contribution in [3.05, 3.63) is 22.7 Å². The molecule has 1 rings (SSSR count). The third-order valence-electron chi connectivity index (χ3n) is 2.91. The second-order valence-corrected chi connectivity index (χ2v) is 5.04. The van der Waals surface area contributed by atoms with Crippen molar-refractivity contribution in [2.75, 3.05) is 13.7 Å². The van der Waals surface area contributed by atoms with Crippen LogP contribution in [-0.4, -0.2) is 23.9 Å². The molecular formula is C12H19Cl2NO3. The van der Waals surface area contributed by atoms with Crippen molar-refractivity contribution in [1.29, 1.82) is 0 Å². The van der Waals surface area contributed by atoms with Crippen LogP contribution in [0.5, 0.6) is 11.5 Å². The Labute approximate surface area is 118 Å². The normalized spacial score (nSPS) is 12.8. The Balaban J connectivity index is 0.00000289. The van der Waals surface area contributed by atoms with Gasteiger partial charge in [0, 0.05) is 18.1 Å². The van der Waals surface area contributed by atoms with Gasteiger partial charge >= 0.3 is 0 Å². The van der Waals surface area contributed by atoms with Gasteiger partial charge in [0.25, 0.3) is 0 Å².